The van der Waals surface area contributed by atoms with E-state index in [2.05, 4.69) is 10.6 Å². The third-order valence-corrected chi connectivity index (χ3v) is 3.89. The molecule has 5 nitrogen and oxygen atoms in total. The third-order valence-electron chi connectivity index (χ3n) is 3.89. The molecule has 0 spiro atoms. The molecular formula is C22H19FN2O3. The van der Waals surface area contributed by atoms with E-state index in [1.807, 2.05) is 6.92 Å². The number of amides is 2. The molecule has 0 saturated heterocycles. The van der Waals surface area contributed by atoms with Crippen LogP contribution in [-0.2, 0) is 0 Å². The molecule has 0 aliphatic carbocycles. The lowest BCUT2D eigenvalue weighted by atomic mass is 10.1. The predicted molar refractivity (Wildman–Crippen MR) is 106 cm³/mol. The topological polar surface area (TPSA) is 67.4 Å². The summed E-state index contributed by atoms with van der Waals surface area (Å²) in [7, 11) is 0. The molecule has 2 N–H and O–H groups in total. The van der Waals surface area contributed by atoms with Crippen LogP contribution in [0.3, 0.4) is 0 Å². The van der Waals surface area contributed by atoms with Crippen LogP contribution in [0.4, 0.5) is 15.8 Å². The first-order valence-corrected chi connectivity index (χ1v) is 8.76. The minimum Gasteiger partial charge on any atom is -0.494 e. The molecule has 0 radical (unpaired) electrons. The van der Waals surface area contributed by atoms with E-state index in [9.17, 15) is 14.0 Å². The zero-order valence-corrected chi connectivity index (χ0v) is 15.2. The molecule has 142 valence electrons. The lowest BCUT2D eigenvalue weighted by molar-refractivity contribution is 0.102. The lowest BCUT2D eigenvalue weighted by Gasteiger charge is -2.09. The van der Waals surface area contributed by atoms with E-state index in [1.165, 1.54) is 24.3 Å². The van der Waals surface area contributed by atoms with Gasteiger partial charge in [0, 0.05) is 22.5 Å². The fourth-order valence-corrected chi connectivity index (χ4v) is 2.58. The summed E-state index contributed by atoms with van der Waals surface area (Å²) in [5, 5.41) is 5.38. The number of carbonyl (C=O) groups is 2. The molecule has 0 fully saturated rings. The first-order valence-electron chi connectivity index (χ1n) is 8.76. The van der Waals surface area contributed by atoms with Crippen molar-refractivity contribution in [2.24, 2.45) is 0 Å². The van der Waals surface area contributed by atoms with Gasteiger partial charge in [0.15, 0.2) is 0 Å². The molecule has 0 saturated carbocycles. The number of carbonyl (C=O) groups excluding carboxylic acids is 2. The van der Waals surface area contributed by atoms with Crippen molar-refractivity contribution in [1.82, 2.24) is 0 Å². The average molecular weight is 378 g/mol. The number of benzene rings is 3. The zero-order chi connectivity index (χ0) is 19.9. The maximum Gasteiger partial charge on any atom is 0.255 e. The Balaban J connectivity index is 1.69. The third kappa shape index (κ3) is 4.94. The van der Waals surface area contributed by atoms with Gasteiger partial charge in [-0.2, -0.15) is 0 Å². The van der Waals surface area contributed by atoms with Crippen LogP contribution < -0.4 is 15.4 Å². The molecule has 0 bridgehead atoms. The summed E-state index contributed by atoms with van der Waals surface area (Å²) in [4.78, 5) is 24.9. The normalized spacial score (nSPS) is 10.2. The Labute approximate surface area is 162 Å². The molecule has 28 heavy (non-hydrogen) atoms. The molecule has 0 aromatic heterocycles. The van der Waals surface area contributed by atoms with Gasteiger partial charge in [-0.05, 0) is 67.6 Å². The second kappa shape index (κ2) is 8.81. The van der Waals surface area contributed by atoms with E-state index < -0.39 is 11.7 Å². The summed E-state index contributed by atoms with van der Waals surface area (Å²) in [6.45, 7) is 2.46. The van der Waals surface area contributed by atoms with E-state index in [1.54, 1.807) is 48.5 Å². The summed E-state index contributed by atoms with van der Waals surface area (Å²) in [6, 6.07) is 18.9. The highest BCUT2D eigenvalue weighted by Crippen LogP contribution is 2.17. The Kier molecular flexibility index (Phi) is 6.01. The van der Waals surface area contributed by atoms with Crippen molar-refractivity contribution in [2.45, 2.75) is 6.92 Å². The highest BCUT2D eigenvalue weighted by molar-refractivity contribution is 6.08. The van der Waals surface area contributed by atoms with Crippen molar-refractivity contribution in [1.29, 1.82) is 0 Å². The van der Waals surface area contributed by atoms with E-state index in [-0.39, 0.29) is 5.91 Å². The molecular weight excluding hydrogens is 359 g/mol. The van der Waals surface area contributed by atoms with Crippen LogP contribution in [-0.4, -0.2) is 18.4 Å². The van der Waals surface area contributed by atoms with Crippen molar-refractivity contribution in [3.8, 4) is 5.75 Å². The number of hydrogen-bond donors (Lipinski definition) is 2. The fourth-order valence-electron chi connectivity index (χ4n) is 2.58. The Morgan fingerprint density at radius 3 is 2.04 bits per heavy atom. The van der Waals surface area contributed by atoms with Gasteiger partial charge in [0.05, 0.1) is 6.61 Å². The number of ether oxygens (including phenoxy) is 1. The van der Waals surface area contributed by atoms with Gasteiger partial charge in [0.25, 0.3) is 11.8 Å². The van der Waals surface area contributed by atoms with E-state index in [4.69, 9.17) is 4.74 Å². The number of nitrogens with one attached hydrogen (secondary N) is 2. The van der Waals surface area contributed by atoms with Gasteiger partial charge in [-0.25, -0.2) is 4.39 Å². The standard InChI is InChI=1S/C22H19FN2O3/c1-2-28-20-11-9-18(10-12-20)24-21(26)15-5-3-6-16(13-15)22(27)25-19-8-4-7-17(23)14-19/h3-14H,2H2,1H3,(H,24,26)(H,25,27). The van der Waals surface area contributed by atoms with Gasteiger partial charge in [0.2, 0.25) is 0 Å². The van der Waals surface area contributed by atoms with Crippen LogP contribution in [0.2, 0.25) is 0 Å². The molecule has 6 heteroatoms. The molecule has 0 atom stereocenters. The van der Waals surface area contributed by atoms with Gasteiger partial charge in [-0.3, -0.25) is 9.59 Å². The second-order valence-corrected chi connectivity index (χ2v) is 5.96. The second-order valence-electron chi connectivity index (χ2n) is 5.96. The maximum absolute atomic E-state index is 13.3. The van der Waals surface area contributed by atoms with Gasteiger partial charge < -0.3 is 15.4 Å². The first-order chi connectivity index (χ1) is 13.5. The van der Waals surface area contributed by atoms with Gasteiger partial charge in [-0.1, -0.05) is 12.1 Å². The summed E-state index contributed by atoms with van der Waals surface area (Å²) < 4.78 is 18.6. The van der Waals surface area contributed by atoms with Crippen molar-refractivity contribution in [3.63, 3.8) is 0 Å². The highest BCUT2D eigenvalue weighted by atomic mass is 19.1. The lowest BCUT2D eigenvalue weighted by Crippen LogP contribution is -2.15. The van der Waals surface area contributed by atoms with Crippen LogP contribution in [0.25, 0.3) is 0 Å². The number of rotatable bonds is 6. The number of halogens is 1. The van der Waals surface area contributed by atoms with Gasteiger partial charge >= 0.3 is 0 Å². The Hall–Kier alpha value is -3.67. The predicted octanol–water partition coefficient (Wildman–Crippen LogP) is 4.73. The molecule has 0 heterocycles. The van der Waals surface area contributed by atoms with Crippen LogP contribution in [0.15, 0.2) is 72.8 Å². The van der Waals surface area contributed by atoms with Crippen LogP contribution in [0.1, 0.15) is 27.6 Å². The van der Waals surface area contributed by atoms with Crippen LogP contribution in [0, 0.1) is 5.82 Å². The molecule has 0 aliphatic rings. The Morgan fingerprint density at radius 2 is 1.43 bits per heavy atom. The van der Waals surface area contributed by atoms with Crippen molar-refractivity contribution < 1.29 is 18.7 Å². The summed E-state index contributed by atoms with van der Waals surface area (Å²) >= 11 is 0. The molecule has 0 aliphatic heterocycles. The van der Waals surface area contributed by atoms with Crippen LogP contribution >= 0.6 is 0 Å². The van der Waals surface area contributed by atoms with Gasteiger partial charge in [-0.15, -0.1) is 0 Å². The van der Waals surface area contributed by atoms with E-state index >= 15 is 0 Å². The van der Waals surface area contributed by atoms with Gasteiger partial charge in [0.1, 0.15) is 11.6 Å². The molecule has 2 amide bonds. The summed E-state index contributed by atoms with van der Waals surface area (Å²) in [5.41, 5.74) is 1.58. The van der Waals surface area contributed by atoms with E-state index in [0.717, 1.165) is 5.75 Å². The number of anilines is 2. The smallest absolute Gasteiger partial charge is 0.255 e. The average Bonchev–Trinajstić information content (AvgIpc) is 2.70. The minimum atomic E-state index is -0.443. The fraction of sp³-hybridized carbons (Fsp3) is 0.0909. The SMILES string of the molecule is CCOc1ccc(NC(=O)c2cccc(C(=O)Nc3cccc(F)c3)c2)cc1. The quantitative estimate of drug-likeness (QED) is 0.652. The highest BCUT2D eigenvalue weighted by Gasteiger charge is 2.11. The molecule has 3 aromatic rings. The molecule has 0 unspecified atom stereocenters. The van der Waals surface area contributed by atoms with Crippen molar-refractivity contribution >= 4 is 23.2 Å². The zero-order valence-electron chi connectivity index (χ0n) is 15.2. The van der Waals surface area contributed by atoms with Crippen molar-refractivity contribution in [3.05, 3.63) is 89.7 Å². The Bertz CT molecular complexity index is 987. The summed E-state index contributed by atoms with van der Waals surface area (Å²) in [5.74, 6) is -0.497. The summed E-state index contributed by atoms with van der Waals surface area (Å²) in [6.07, 6.45) is 0. The van der Waals surface area contributed by atoms with E-state index in [0.29, 0.717) is 29.1 Å². The molecule has 3 aromatic carbocycles. The Morgan fingerprint density at radius 1 is 0.821 bits per heavy atom. The largest absolute Gasteiger partial charge is 0.494 e. The molecule has 3 rings (SSSR count). The maximum atomic E-state index is 13.3. The number of hydrogen-bond acceptors (Lipinski definition) is 3. The van der Waals surface area contributed by atoms with Crippen molar-refractivity contribution in [2.75, 3.05) is 17.2 Å². The van der Waals surface area contributed by atoms with Crippen LogP contribution in [0.5, 0.6) is 5.75 Å². The monoisotopic (exact) mass is 378 g/mol. The minimum absolute atomic E-state index is 0.295. The first kappa shape index (κ1) is 19.1.